The van der Waals surface area contributed by atoms with Crippen molar-refractivity contribution < 1.29 is 9.59 Å². The van der Waals surface area contributed by atoms with E-state index in [0.717, 1.165) is 10.0 Å². The van der Waals surface area contributed by atoms with Crippen LogP contribution >= 0.6 is 15.9 Å². The molecule has 2 N–H and O–H groups in total. The topological polar surface area (TPSA) is 58.2 Å². The summed E-state index contributed by atoms with van der Waals surface area (Å²) in [5.74, 6) is -0.394. The Balaban J connectivity index is 2.12. The van der Waals surface area contributed by atoms with Crippen LogP contribution in [0.5, 0.6) is 0 Å². The summed E-state index contributed by atoms with van der Waals surface area (Å²) in [6.45, 7) is 1.46. The maximum Gasteiger partial charge on any atom is 0.269 e. The summed E-state index contributed by atoms with van der Waals surface area (Å²) in [6, 6.07) is 16.4. The van der Waals surface area contributed by atoms with Gasteiger partial charge in [0.2, 0.25) is 0 Å². The van der Waals surface area contributed by atoms with Crippen molar-refractivity contribution in [3.63, 3.8) is 0 Å². The quantitative estimate of drug-likeness (QED) is 0.636. The van der Waals surface area contributed by atoms with Gasteiger partial charge in [0.05, 0.1) is 5.70 Å². The maximum atomic E-state index is 12.1. The van der Waals surface area contributed by atoms with E-state index < -0.39 is 0 Å². The first-order valence-electron chi connectivity index (χ1n) is 6.66. The number of carbonyl (C=O) groups is 2. The number of allylic oxidation sites excluding steroid dienone is 1. The predicted octanol–water partition coefficient (Wildman–Crippen LogP) is 3.31. The van der Waals surface area contributed by atoms with Gasteiger partial charge < -0.3 is 0 Å². The standard InChI is InChI=1S/C17H15BrN2O2/c1-12(21)10-16(13-6-3-2-4-7-13)19-20-17(22)14-8-5-9-15(18)11-14/h2-11,19H,1H3,(H,20,22)/b16-10-. The van der Waals surface area contributed by atoms with Gasteiger partial charge in [0.15, 0.2) is 5.78 Å². The van der Waals surface area contributed by atoms with Gasteiger partial charge in [0.25, 0.3) is 5.91 Å². The molecule has 0 heterocycles. The minimum atomic E-state index is -0.285. The van der Waals surface area contributed by atoms with Crippen LogP contribution in [-0.4, -0.2) is 11.7 Å². The second kappa shape index (κ2) is 7.56. The van der Waals surface area contributed by atoms with Crippen molar-refractivity contribution in [2.24, 2.45) is 0 Å². The number of hydrogen-bond donors (Lipinski definition) is 2. The highest BCUT2D eigenvalue weighted by atomic mass is 79.9. The normalized spacial score (nSPS) is 10.9. The van der Waals surface area contributed by atoms with Crippen LogP contribution in [0.25, 0.3) is 5.70 Å². The molecular weight excluding hydrogens is 344 g/mol. The molecule has 5 heteroatoms. The lowest BCUT2D eigenvalue weighted by Crippen LogP contribution is -2.36. The van der Waals surface area contributed by atoms with Crippen molar-refractivity contribution in [2.75, 3.05) is 0 Å². The number of halogens is 1. The molecule has 0 aliphatic rings. The molecule has 2 rings (SSSR count). The van der Waals surface area contributed by atoms with Gasteiger partial charge in [-0.3, -0.25) is 20.4 Å². The number of hydrogen-bond acceptors (Lipinski definition) is 3. The smallest absolute Gasteiger partial charge is 0.269 e. The lowest BCUT2D eigenvalue weighted by molar-refractivity contribution is -0.112. The fourth-order valence-corrected chi connectivity index (χ4v) is 2.24. The van der Waals surface area contributed by atoms with Gasteiger partial charge in [-0.2, -0.15) is 0 Å². The number of hydrazine groups is 1. The molecule has 0 saturated carbocycles. The average molecular weight is 359 g/mol. The van der Waals surface area contributed by atoms with Gasteiger partial charge in [-0.05, 0) is 30.7 Å². The van der Waals surface area contributed by atoms with Crippen molar-refractivity contribution in [2.45, 2.75) is 6.92 Å². The summed E-state index contributed by atoms with van der Waals surface area (Å²) < 4.78 is 0.822. The van der Waals surface area contributed by atoms with Crippen molar-refractivity contribution in [3.8, 4) is 0 Å². The summed E-state index contributed by atoms with van der Waals surface area (Å²) in [7, 11) is 0. The van der Waals surface area contributed by atoms with E-state index in [1.807, 2.05) is 36.4 Å². The molecule has 0 aliphatic heterocycles. The van der Waals surface area contributed by atoms with Gasteiger partial charge >= 0.3 is 0 Å². The largest absolute Gasteiger partial charge is 0.298 e. The fourth-order valence-electron chi connectivity index (χ4n) is 1.84. The zero-order chi connectivity index (χ0) is 15.9. The van der Waals surface area contributed by atoms with Crippen molar-refractivity contribution >= 4 is 33.3 Å². The van der Waals surface area contributed by atoms with Crippen LogP contribution in [0, 0.1) is 0 Å². The first kappa shape index (κ1) is 16.0. The Hall–Kier alpha value is -2.40. The third-order valence-corrected chi connectivity index (χ3v) is 3.32. The Morgan fingerprint density at radius 3 is 2.27 bits per heavy atom. The molecule has 2 aromatic rings. The predicted molar refractivity (Wildman–Crippen MR) is 89.8 cm³/mol. The lowest BCUT2D eigenvalue weighted by atomic mass is 10.1. The first-order chi connectivity index (χ1) is 10.6. The number of amides is 1. The summed E-state index contributed by atoms with van der Waals surface area (Å²) >= 11 is 3.32. The van der Waals surface area contributed by atoms with Crippen LogP contribution in [0.4, 0.5) is 0 Å². The zero-order valence-corrected chi connectivity index (χ0v) is 13.6. The van der Waals surface area contributed by atoms with Gasteiger partial charge in [-0.15, -0.1) is 0 Å². The number of rotatable bonds is 5. The van der Waals surface area contributed by atoms with E-state index in [9.17, 15) is 9.59 Å². The number of ketones is 1. The van der Waals surface area contributed by atoms with Crippen molar-refractivity contribution in [1.29, 1.82) is 0 Å². The second-order valence-electron chi connectivity index (χ2n) is 4.62. The SMILES string of the molecule is CC(=O)/C=C(\NNC(=O)c1cccc(Br)c1)c1ccccc1. The number of nitrogens with one attached hydrogen (secondary N) is 2. The van der Waals surface area contributed by atoms with Gasteiger partial charge in [-0.25, -0.2) is 0 Å². The molecule has 1 amide bonds. The average Bonchev–Trinajstić information content (AvgIpc) is 2.51. The molecule has 4 nitrogen and oxygen atoms in total. The molecule has 0 radical (unpaired) electrons. The fraction of sp³-hybridized carbons (Fsp3) is 0.0588. The van der Waals surface area contributed by atoms with Crippen LogP contribution in [0.2, 0.25) is 0 Å². The molecular formula is C17H15BrN2O2. The second-order valence-corrected chi connectivity index (χ2v) is 5.54. The summed E-state index contributed by atoms with van der Waals surface area (Å²) in [4.78, 5) is 23.5. The van der Waals surface area contributed by atoms with Gasteiger partial charge in [-0.1, -0.05) is 52.3 Å². The lowest BCUT2D eigenvalue weighted by Gasteiger charge is -2.12. The molecule has 0 unspecified atom stereocenters. The van der Waals surface area contributed by atoms with Crippen molar-refractivity contribution in [1.82, 2.24) is 10.9 Å². The van der Waals surface area contributed by atoms with E-state index in [-0.39, 0.29) is 11.7 Å². The van der Waals surface area contributed by atoms with Crippen LogP contribution < -0.4 is 10.9 Å². The zero-order valence-electron chi connectivity index (χ0n) is 12.0. The van der Waals surface area contributed by atoms with Crippen LogP contribution in [0.1, 0.15) is 22.8 Å². The van der Waals surface area contributed by atoms with E-state index in [2.05, 4.69) is 26.8 Å². The van der Waals surface area contributed by atoms with E-state index in [4.69, 9.17) is 0 Å². The molecule has 22 heavy (non-hydrogen) atoms. The third kappa shape index (κ3) is 4.56. The van der Waals surface area contributed by atoms with Crippen LogP contribution in [-0.2, 0) is 4.79 Å². The first-order valence-corrected chi connectivity index (χ1v) is 7.45. The monoisotopic (exact) mass is 358 g/mol. The summed E-state index contributed by atoms with van der Waals surface area (Å²) in [5.41, 5.74) is 7.27. The van der Waals surface area contributed by atoms with E-state index in [1.165, 1.54) is 13.0 Å². The Kier molecular flexibility index (Phi) is 5.49. The van der Waals surface area contributed by atoms with E-state index in [1.54, 1.807) is 18.2 Å². The Bertz CT molecular complexity index is 712. The van der Waals surface area contributed by atoms with Crippen LogP contribution in [0.15, 0.2) is 65.1 Å². The number of benzene rings is 2. The molecule has 0 fully saturated rings. The van der Waals surface area contributed by atoms with E-state index in [0.29, 0.717) is 11.3 Å². The van der Waals surface area contributed by atoms with Crippen LogP contribution in [0.3, 0.4) is 0 Å². The molecule has 2 aromatic carbocycles. The molecule has 0 bridgehead atoms. The molecule has 0 spiro atoms. The number of carbonyl (C=O) groups excluding carboxylic acids is 2. The van der Waals surface area contributed by atoms with Gasteiger partial charge in [0.1, 0.15) is 0 Å². The molecule has 0 aromatic heterocycles. The van der Waals surface area contributed by atoms with E-state index >= 15 is 0 Å². The molecule has 0 saturated heterocycles. The Labute approximate surface area is 137 Å². The highest BCUT2D eigenvalue weighted by molar-refractivity contribution is 9.10. The molecule has 0 atom stereocenters. The molecule has 112 valence electrons. The Morgan fingerprint density at radius 2 is 1.64 bits per heavy atom. The molecule has 0 aliphatic carbocycles. The minimum absolute atomic E-state index is 0.108. The minimum Gasteiger partial charge on any atom is -0.298 e. The maximum absolute atomic E-state index is 12.1. The van der Waals surface area contributed by atoms with Gasteiger partial charge in [0, 0.05) is 16.1 Å². The summed E-state index contributed by atoms with van der Waals surface area (Å²) in [6.07, 6.45) is 1.44. The summed E-state index contributed by atoms with van der Waals surface area (Å²) in [5, 5.41) is 0. The van der Waals surface area contributed by atoms with Crippen molar-refractivity contribution in [3.05, 3.63) is 76.3 Å². The Morgan fingerprint density at radius 1 is 0.955 bits per heavy atom. The highest BCUT2D eigenvalue weighted by Crippen LogP contribution is 2.12. The third-order valence-electron chi connectivity index (χ3n) is 2.83. The highest BCUT2D eigenvalue weighted by Gasteiger charge is 2.07.